The van der Waals surface area contributed by atoms with Gasteiger partial charge in [0.15, 0.2) is 0 Å². The van der Waals surface area contributed by atoms with Crippen molar-refractivity contribution in [1.29, 1.82) is 0 Å². The third-order valence-electron chi connectivity index (χ3n) is 0. The van der Waals surface area contributed by atoms with Gasteiger partial charge in [0.2, 0.25) is 0 Å². The first-order chi connectivity index (χ1) is 0. The Morgan fingerprint density at radius 2 is 0.750 bits per heavy atom. The molecule has 0 unspecified atom stereocenters. The van der Waals surface area contributed by atoms with Crippen molar-refractivity contribution in [3.05, 3.63) is 0 Å². The van der Waals surface area contributed by atoms with Crippen LogP contribution in [-0.4, -0.2) is 0 Å². The van der Waals surface area contributed by atoms with Crippen molar-refractivity contribution in [2.45, 2.75) is 0 Å². The van der Waals surface area contributed by atoms with Crippen LogP contribution in [0.2, 0.25) is 0 Å². The van der Waals surface area contributed by atoms with Crippen LogP contribution < -0.4 is 0 Å². The van der Waals surface area contributed by atoms with Crippen molar-refractivity contribution >= 4 is 27.0 Å². The van der Waals surface area contributed by atoms with Crippen LogP contribution in [0.25, 0.3) is 0 Å². The molecule has 0 aliphatic heterocycles. The van der Waals surface area contributed by atoms with Crippen molar-refractivity contribution in [2.75, 3.05) is 0 Å². The summed E-state index contributed by atoms with van der Waals surface area (Å²) in [6.45, 7) is 0. The second-order valence-corrected chi connectivity index (χ2v) is 0. The molecule has 4 heavy (non-hydrogen) atoms. The monoisotopic (exact) mass is 219 g/mol. The SMILES string of the molecule is [Ag+].[S-2].[S-2].[Ti+4]. The second-order valence-electron chi connectivity index (χ2n) is 0. The molecule has 0 spiro atoms. The van der Waals surface area contributed by atoms with Gasteiger partial charge in [-0.2, -0.15) is 0 Å². The molecule has 0 nitrogen and oxygen atoms in total. The zero-order chi connectivity index (χ0) is 0. The zero-order valence-corrected chi connectivity index (χ0v) is 6.29. The maximum atomic E-state index is 0. The van der Waals surface area contributed by atoms with Gasteiger partial charge in [0, 0.05) is 0 Å². The third-order valence-corrected chi connectivity index (χ3v) is 0. The Balaban J connectivity index is 0. The molecule has 4 heteroatoms. The number of hydrogen-bond donors (Lipinski definition) is 0. The molecule has 0 amide bonds. The van der Waals surface area contributed by atoms with Crippen molar-refractivity contribution in [1.82, 2.24) is 0 Å². The first kappa shape index (κ1) is 35.2. The van der Waals surface area contributed by atoms with Crippen LogP contribution in [0.15, 0.2) is 0 Å². The summed E-state index contributed by atoms with van der Waals surface area (Å²) < 4.78 is 0. The molecular weight excluding hydrogens is 220 g/mol. The normalized spacial score (nSPS) is 0. The predicted molar refractivity (Wildman–Crippen MR) is 14.7 cm³/mol. The molecular formula is AgS2Ti+. The maximum Gasteiger partial charge on any atom is 4.00 e. The summed E-state index contributed by atoms with van der Waals surface area (Å²) in [4.78, 5) is 0. The summed E-state index contributed by atoms with van der Waals surface area (Å²) in [5, 5.41) is 0. The molecule has 0 atom stereocenters. The van der Waals surface area contributed by atoms with Gasteiger partial charge in [-0.15, -0.1) is 0 Å². The summed E-state index contributed by atoms with van der Waals surface area (Å²) in [6, 6.07) is 0. The smallest absolute Gasteiger partial charge is 2.00 e. The maximum absolute atomic E-state index is 0. The van der Waals surface area contributed by atoms with E-state index in [-0.39, 0.29) is 71.1 Å². The Morgan fingerprint density at radius 3 is 0.750 bits per heavy atom. The fourth-order valence-electron chi connectivity index (χ4n) is 0. The minimum absolute atomic E-state index is 0. The van der Waals surface area contributed by atoms with Gasteiger partial charge < -0.3 is 27.0 Å². The van der Waals surface area contributed by atoms with Gasteiger partial charge in [-0.3, -0.25) is 0 Å². The van der Waals surface area contributed by atoms with Crippen molar-refractivity contribution in [3.63, 3.8) is 0 Å². The standard InChI is InChI=1S/Ag.2S.Ti/q+1;2*-2;+4. The van der Waals surface area contributed by atoms with E-state index in [4.69, 9.17) is 0 Å². The molecule has 0 N–H and O–H groups in total. The summed E-state index contributed by atoms with van der Waals surface area (Å²) in [5.41, 5.74) is 0. The fourth-order valence-corrected chi connectivity index (χ4v) is 0. The molecule has 0 saturated heterocycles. The predicted octanol–water partition coefficient (Wildman–Crippen LogP) is -0.00980. The molecule has 0 radical (unpaired) electrons. The molecule has 26 valence electrons. The zero-order valence-electron chi connectivity index (χ0n) is 1.62. The van der Waals surface area contributed by atoms with E-state index in [2.05, 4.69) is 0 Å². The minimum atomic E-state index is 0. The first-order valence-electron chi connectivity index (χ1n) is 0. The van der Waals surface area contributed by atoms with Crippen molar-refractivity contribution in [2.24, 2.45) is 0 Å². The van der Waals surface area contributed by atoms with Crippen molar-refractivity contribution < 1.29 is 44.1 Å². The van der Waals surface area contributed by atoms with E-state index in [1.807, 2.05) is 0 Å². The summed E-state index contributed by atoms with van der Waals surface area (Å²) in [5.74, 6) is 0. The topological polar surface area (TPSA) is 0 Å². The van der Waals surface area contributed by atoms with Crippen LogP contribution in [0, 0.1) is 0 Å². The molecule has 0 bridgehead atoms. The molecule has 0 aromatic carbocycles. The molecule has 0 aliphatic carbocycles. The van der Waals surface area contributed by atoms with Crippen molar-refractivity contribution in [3.8, 4) is 0 Å². The number of hydrogen-bond acceptors (Lipinski definition) is 0. The third kappa shape index (κ3) is 8.91. The van der Waals surface area contributed by atoms with Crippen LogP contribution in [-0.2, 0) is 71.1 Å². The van der Waals surface area contributed by atoms with E-state index in [9.17, 15) is 0 Å². The van der Waals surface area contributed by atoms with Crippen LogP contribution in [0.1, 0.15) is 0 Å². The van der Waals surface area contributed by atoms with E-state index in [1.54, 1.807) is 0 Å². The summed E-state index contributed by atoms with van der Waals surface area (Å²) >= 11 is 0. The van der Waals surface area contributed by atoms with E-state index < -0.39 is 0 Å². The van der Waals surface area contributed by atoms with Gasteiger partial charge >= 0.3 is 44.1 Å². The van der Waals surface area contributed by atoms with Gasteiger partial charge in [0.1, 0.15) is 0 Å². The molecule has 0 saturated carbocycles. The Bertz CT molecular complexity index is 6.00. The van der Waals surface area contributed by atoms with E-state index in [0.717, 1.165) is 0 Å². The van der Waals surface area contributed by atoms with E-state index in [1.165, 1.54) is 0 Å². The average Bonchev–Trinajstić information content (AvgIpc) is 0. The molecule has 0 rings (SSSR count). The fraction of sp³-hybridized carbons (Fsp3) is 0. The van der Waals surface area contributed by atoms with Crippen LogP contribution in [0.5, 0.6) is 0 Å². The number of rotatable bonds is 0. The van der Waals surface area contributed by atoms with Gasteiger partial charge in [-0.05, 0) is 0 Å². The second kappa shape index (κ2) is 19.2. The molecule has 0 heterocycles. The van der Waals surface area contributed by atoms with Gasteiger partial charge in [0.05, 0.1) is 0 Å². The van der Waals surface area contributed by atoms with E-state index >= 15 is 0 Å². The van der Waals surface area contributed by atoms with Crippen LogP contribution in [0.3, 0.4) is 0 Å². The Labute approximate surface area is 70.4 Å². The first-order valence-corrected chi connectivity index (χ1v) is 0. The Morgan fingerprint density at radius 1 is 0.750 bits per heavy atom. The molecule has 0 aromatic heterocycles. The quantitative estimate of drug-likeness (QED) is 0.503. The van der Waals surface area contributed by atoms with Crippen LogP contribution >= 0.6 is 0 Å². The minimum Gasteiger partial charge on any atom is -2.00 e. The Kier molecular flexibility index (Phi) is 169. The summed E-state index contributed by atoms with van der Waals surface area (Å²) in [6.07, 6.45) is 0. The average molecular weight is 220 g/mol. The summed E-state index contributed by atoms with van der Waals surface area (Å²) in [7, 11) is 0. The Hall–Kier alpha value is 2.15. The van der Waals surface area contributed by atoms with Gasteiger partial charge in [-0.1, -0.05) is 0 Å². The van der Waals surface area contributed by atoms with Gasteiger partial charge in [0.25, 0.3) is 0 Å². The van der Waals surface area contributed by atoms with E-state index in [0.29, 0.717) is 0 Å². The van der Waals surface area contributed by atoms with Crippen LogP contribution in [0.4, 0.5) is 0 Å². The van der Waals surface area contributed by atoms with Gasteiger partial charge in [-0.25, -0.2) is 0 Å². The molecule has 0 aromatic rings. The largest absolute Gasteiger partial charge is 4.00 e. The molecule has 0 aliphatic rings. The molecule has 0 fully saturated rings.